The normalized spacial score (nSPS) is 18.9. The van der Waals surface area contributed by atoms with Gasteiger partial charge in [0.25, 0.3) is 0 Å². The molecular formula is C14H22N2O. The van der Waals surface area contributed by atoms with Crippen LogP contribution >= 0.6 is 0 Å². The highest BCUT2D eigenvalue weighted by atomic mass is 16.5. The fourth-order valence-corrected chi connectivity index (χ4v) is 2.69. The van der Waals surface area contributed by atoms with Crippen molar-refractivity contribution >= 4 is 0 Å². The molecule has 1 unspecified atom stereocenters. The summed E-state index contributed by atoms with van der Waals surface area (Å²) in [5, 5.41) is 6.87. The molecule has 1 fully saturated rings. The van der Waals surface area contributed by atoms with Crippen LogP contribution in [-0.4, -0.2) is 27.2 Å². The lowest BCUT2D eigenvalue weighted by Crippen LogP contribution is -2.35. The van der Waals surface area contributed by atoms with Gasteiger partial charge in [0.2, 0.25) is 0 Å². The summed E-state index contributed by atoms with van der Waals surface area (Å²) < 4.78 is 5.30. The molecule has 0 saturated carbocycles. The van der Waals surface area contributed by atoms with Gasteiger partial charge in [0.1, 0.15) is 5.75 Å². The van der Waals surface area contributed by atoms with Gasteiger partial charge in [-0.3, -0.25) is 0 Å². The van der Waals surface area contributed by atoms with Crippen LogP contribution in [0.15, 0.2) is 24.3 Å². The van der Waals surface area contributed by atoms with Crippen molar-refractivity contribution < 1.29 is 4.74 Å². The number of hydrogen-bond acceptors (Lipinski definition) is 3. The molecule has 2 rings (SSSR count). The van der Waals surface area contributed by atoms with Gasteiger partial charge in [-0.1, -0.05) is 12.1 Å². The Morgan fingerprint density at radius 3 is 2.76 bits per heavy atom. The van der Waals surface area contributed by atoms with Crippen molar-refractivity contribution in [3.63, 3.8) is 0 Å². The Balaban J connectivity index is 2.15. The highest BCUT2D eigenvalue weighted by Crippen LogP contribution is 2.30. The predicted molar refractivity (Wildman–Crippen MR) is 70.4 cm³/mol. The average molecular weight is 234 g/mol. The van der Waals surface area contributed by atoms with E-state index in [1.54, 1.807) is 7.11 Å². The monoisotopic (exact) mass is 234 g/mol. The molecule has 0 radical (unpaired) electrons. The molecule has 1 heterocycles. The summed E-state index contributed by atoms with van der Waals surface area (Å²) in [7, 11) is 3.77. The summed E-state index contributed by atoms with van der Waals surface area (Å²) >= 11 is 0. The topological polar surface area (TPSA) is 33.3 Å². The standard InChI is InChI=1S/C14H22N2O/c1-15-14(11-6-8-16-9-7-11)12-4-3-5-13(10-12)17-2/h3-5,10-11,14-16H,6-9H2,1-2H3. The van der Waals surface area contributed by atoms with Crippen molar-refractivity contribution in [1.82, 2.24) is 10.6 Å². The SMILES string of the molecule is CNC(c1cccc(OC)c1)C1CCNCC1. The highest BCUT2D eigenvalue weighted by molar-refractivity contribution is 5.31. The van der Waals surface area contributed by atoms with Crippen LogP contribution in [0.25, 0.3) is 0 Å². The number of hydrogen-bond donors (Lipinski definition) is 2. The Labute approximate surface area is 104 Å². The molecule has 0 aliphatic carbocycles. The Morgan fingerprint density at radius 2 is 2.12 bits per heavy atom. The van der Waals surface area contributed by atoms with E-state index in [2.05, 4.69) is 28.8 Å². The first-order valence-electron chi connectivity index (χ1n) is 6.37. The van der Waals surface area contributed by atoms with Gasteiger partial charge in [-0.2, -0.15) is 0 Å². The van der Waals surface area contributed by atoms with E-state index in [-0.39, 0.29) is 0 Å². The molecule has 1 aliphatic heterocycles. The van der Waals surface area contributed by atoms with E-state index in [4.69, 9.17) is 4.74 Å². The second kappa shape index (κ2) is 6.03. The smallest absolute Gasteiger partial charge is 0.119 e. The zero-order valence-corrected chi connectivity index (χ0v) is 10.7. The van der Waals surface area contributed by atoms with E-state index >= 15 is 0 Å². The average Bonchev–Trinajstić information content (AvgIpc) is 2.41. The second-order valence-electron chi connectivity index (χ2n) is 4.63. The van der Waals surface area contributed by atoms with Gasteiger partial charge in [-0.05, 0) is 56.6 Å². The molecule has 1 aliphatic rings. The maximum absolute atomic E-state index is 5.30. The van der Waals surface area contributed by atoms with E-state index in [0.717, 1.165) is 18.8 Å². The van der Waals surface area contributed by atoms with Crippen LogP contribution in [0.2, 0.25) is 0 Å². The molecule has 1 atom stereocenters. The molecule has 0 spiro atoms. The quantitative estimate of drug-likeness (QED) is 0.835. The molecule has 2 N–H and O–H groups in total. The van der Waals surface area contributed by atoms with Crippen LogP contribution < -0.4 is 15.4 Å². The first-order valence-corrected chi connectivity index (χ1v) is 6.37. The summed E-state index contributed by atoms with van der Waals surface area (Å²) in [4.78, 5) is 0. The number of benzene rings is 1. The summed E-state index contributed by atoms with van der Waals surface area (Å²) in [5.74, 6) is 1.66. The van der Waals surface area contributed by atoms with Gasteiger partial charge in [-0.15, -0.1) is 0 Å². The van der Waals surface area contributed by atoms with Crippen molar-refractivity contribution in [3.05, 3.63) is 29.8 Å². The van der Waals surface area contributed by atoms with Crippen molar-refractivity contribution in [2.45, 2.75) is 18.9 Å². The van der Waals surface area contributed by atoms with Crippen LogP contribution in [0.5, 0.6) is 5.75 Å². The van der Waals surface area contributed by atoms with E-state index in [0.29, 0.717) is 12.0 Å². The summed E-state index contributed by atoms with van der Waals surface area (Å²) in [6.45, 7) is 2.26. The minimum Gasteiger partial charge on any atom is -0.497 e. The summed E-state index contributed by atoms with van der Waals surface area (Å²) in [6, 6.07) is 8.83. The van der Waals surface area contributed by atoms with Crippen molar-refractivity contribution in [1.29, 1.82) is 0 Å². The molecule has 0 aromatic heterocycles. The van der Waals surface area contributed by atoms with Crippen LogP contribution in [0.4, 0.5) is 0 Å². The summed E-state index contributed by atoms with van der Waals surface area (Å²) in [5.41, 5.74) is 1.33. The fourth-order valence-electron chi connectivity index (χ4n) is 2.69. The van der Waals surface area contributed by atoms with Crippen LogP contribution in [0.3, 0.4) is 0 Å². The molecule has 17 heavy (non-hydrogen) atoms. The molecule has 1 aromatic rings. The second-order valence-corrected chi connectivity index (χ2v) is 4.63. The van der Waals surface area contributed by atoms with E-state index in [9.17, 15) is 0 Å². The largest absolute Gasteiger partial charge is 0.497 e. The van der Waals surface area contributed by atoms with Crippen molar-refractivity contribution in [3.8, 4) is 5.75 Å². The van der Waals surface area contributed by atoms with Gasteiger partial charge in [0, 0.05) is 6.04 Å². The molecule has 1 aromatic carbocycles. The fraction of sp³-hybridized carbons (Fsp3) is 0.571. The zero-order valence-electron chi connectivity index (χ0n) is 10.7. The third-order valence-corrected chi connectivity index (χ3v) is 3.62. The Hall–Kier alpha value is -1.06. The third kappa shape index (κ3) is 2.99. The number of methoxy groups -OCH3 is 1. The molecule has 3 nitrogen and oxygen atoms in total. The third-order valence-electron chi connectivity index (χ3n) is 3.62. The van der Waals surface area contributed by atoms with Crippen LogP contribution in [0.1, 0.15) is 24.4 Å². The molecule has 1 saturated heterocycles. The highest BCUT2D eigenvalue weighted by Gasteiger charge is 2.23. The van der Waals surface area contributed by atoms with Crippen LogP contribution in [0, 0.1) is 5.92 Å². The Morgan fingerprint density at radius 1 is 1.35 bits per heavy atom. The van der Waals surface area contributed by atoms with Gasteiger partial charge in [0.15, 0.2) is 0 Å². The van der Waals surface area contributed by atoms with E-state index < -0.39 is 0 Å². The Kier molecular flexibility index (Phi) is 4.40. The zero-order chi connectivity index (χ0) is 12.1. The van der Waals surface area contributed by atoms with Crippen LogP contribution in [-0.2, 0) is 0 Å². The first kappa shape index (κ1) is 12.4. The first-order chi connectivity index (χ1) is 8.35. The maximum Gasteiger partial charge on any atom is 0.119 e. The maximum atomic E-state index is 5.30. The van der Waals surface area contributed by atoms with E-state index in [1.807, 2.05) is 13.1 Å². The summed E-state index contributed by atoms with van der Waals surface area (Å²) in [6.07, 6.45) is 2.48. The molecule has 0 amide bonds. The number of nitrogens with one attached hydrogen (secondary N) is 2. The van der Waals surface area contributed by atoms with Crippen molar-refractivity contribution in [2.24, 2.45) is 5.92 Å². The van der Waals surface area contributed by atoms with Gasteiger partial charge in [0.05, 0.1) is 7.11 Å². The predicted octanol–water partition coefficient (Wildman–Crippen LogP) is 1.96. The molecule has 0 bridgehead atoms. The lowest BCUT2D eigenvalue weighted by Gasteiger charge is -2.31. The molecule has 94 valence electrons. The number of rotatable bonds is 4. The number of piperidine rings is 1. The van der Waals surface area contributed by atoms with Crippen molar-refractivity contribution in [2.75, 3.05) is 27.2 Å². The minimum absolute atomic E-state index is 0.437. The van der Waals surface area contributed by atoms with Gasteiger partial charge >= 0.3 is 0 Å². The lowest BCUT2D eigenvalue weighted by atomic mass is 9.86. The minimum atomic E-state index is 0.437. The number of ether oxygens (including phenoxy) is 1. The van der Waals surface area contributed by atoms with E-state index in [1.165, 1.54) is 18.4 Å². The van der Waals surface area contributed by atoms with Gasteiger partial charge in [-0.25, -0.2) is 0 Å². The molecule has 3 heteroatoms. The molecular weight excluding hydrogens is 212 g/mol. The van der Waals surface area contributed by atoms with Gasteiger partial charge < -0.3 is 15.4 Å². The Bertz CT molecular complexity index is 348. The lowest BCUT2D eigenvalue weighted by molar-refractivity contribution is 0.293.